The Morgan fingerprint density at radius 3 is 2.76 bits per heavy atom. The van der Waals surface area contributed by atoms with Crippen molar-refractivity contribution >= 4 is 15.9 Å². The molecule has 7 heteroatoms. The number of hydrogen-bond donors (Lipinski definition) is 1. The molecule has 2 rings (SSSR count). The molecule has 1 amide bonds. The third-order valence-electron chi connectivity index (χ3n) is 3.41. The van der Waals surface area contributed by atoms with E-state index in [0.717, 1.165) is 5.56 Å². The van der Waals surface area contributed by atoms with E-state index in [9.17, 15) is 13.2 Å². The average Bonchev–Trinajstić information content (AvgIpc) is 2.45. The number of fused-ring (bicyclic) bond motifs is 1. The van der Waals surface area contributed by atoms with Gasteiger partial charge in [0, 0.05) is 6.07 Å². The Bertz CT molecular complexity index is 639. The maximum absolute atomic E-state index is 12.1. The van der Waals surface area contributed by atoms with Crippen molar-refractivity contribution in [3.8, 4) is 11.5 Å². The van der Waals surface area contributed by atoms with Crippen LogP contribution in [0.4, 0.5) is 0 Å². The van der Waals surface area contributed by atoms with E-state index < -0.39 is 27.1 Å². The molecule has 1 aromatic carbocycles. The fraction of sp³-hybridized carbons (Fsp3) is 0.500. The number of amides is 1. The lowest BCUT2D eigenvalue weighted by Crippen LogP contribution is -2.42. The molecule has 1 unspecified atom stereocenters. The highest BCUT2D eigenvalue weighted by atomic mass is 32.2. The van der Waals surface area contributed by atoms with Crippen molar-refractivity contribution < 1.29 is 22.7 Å². The van der Waals surface area contributed by atoms with Crippen molar-refractivity contribution in [3.05, 3.63) is 23.8 Å². The van der Waals surface area contributed by atoms with Crippen molar-refractivity contribution in [2.75, 3.05) is 13.7 Å². The van der Waals surface area contributed by atoms with E-state index in [1.807, 2.05) is 6.07 Å². The zero-order chi connectivity index (χ0) is 15.6. The summed E-state index contributed by atoms with van der Waals surface area (Å²) in [6.45, 7) is 3.20. The number of benzene rings is 1. The van der Waals surface area contributed by atoms with Crippen LogP contribution >= 0.6 is 0 Å². The molecule has 0 aromatic heterocycles. The molecule has 1 aromatic rings. The van der Waals surface area contributed by atoms with E-state index >= 15 is 0 Å². The molecule has 1 aliphatic rings. The quantitative estimate of drug-likeness (QED) is 0.900. The van der Waals surface area contributed by atoms with E-state index in [1.54, 1.807) is 19.2 Å². The normalized spacial score (nSPS) is 17.8. The Labute approximate surface area is 124 Å². The maximum Gasteiger partial charge on any atom is 0.240 e. The van der Waals surface area contributed by atoms with Gasteiger partial charge < -0.3 is 9.47 Å². The fourth-order valence-electron chi connectivity index (χ4n) is 1.99. The second-order valence-corrected chi connectivity index (χ2v) is 7.48. The minimum atomic E-state index is -3.61. The molecule has 0 saturated carbocycles. The predicted molar refractivity (Wildman–Crippen MR) is 77.9 cm³/mol. The molecule has 1 atom stereocenters. The highest BCUT2D eigenvalue weighted by molar-refractivity contribution is 7.90. The van der Waals surface area contributed by atoms with Gasteiger partial charge in [-0.1, -0.05) is 6.07 Å². The van der Waals surface area contributed by atoms with Crippen LogP contribution in [0.3, 0.4) is 0 Å². The summed E-state index contributed by atoms with van der Waals surface area (Å²) in [4.78, 5) is 12.1. The Hall–Kier alpha value is -1.76. The van der Waals surface area contributed by atoms with E-state index in [0.29, 0.717) is 17.9 Å². The summed E-state index contributed by atoms with van der Waals surface area (Å²) in [6, 6.07) is 5.37. The van der Waals surface area contributed by atoms with Gasteiger partial charge >= 0.3 is 0 Å². The molecule has 116 valence electrons. The Balaban J connectivity index is 2.09. The predicted octanol–water partition coefficient (Wildman–Crippen LogP) is 1.10. The Morgan fingerprint density at radius 2 is 2.14 bits per heavy atom. The van der Waals surface area contributed by atoms with Crippen LogP contribution in [0.15, 0.2) is 18.2 Å². The van der Waals surface area contributed by atoms with Crippen LogP contribution in [0.5, 0.6) is 11.5 Å². The van der Waals surface area contributed by atoms with Crippen LogP contribution in [-0.4, -0.2) is 33.3 Å². The largest absolute Gasteiger partial charge is 0.497 e. The van der Waals surface area contributed by atoms with Gasteiger partial charge in [0.2, 0.25) is 15.9 Å². The number of carbonyl (C=O) groups is 1. The van der Waals surface area contributed by atoms with Crippen LogP contribution in [0.25, 0.3) is 0 Å². The smallest absolute Gasteiger partial charge is 0.240 e. The molecule has 0 spiro atoms. The van der Waals surface area contributed by atoms with Gasteiger partial charge in [-0.05, 0) is 31.9 Å². The maximum atomic E-state index is 12.1. The van der Waals surface area contributed by atoms with Crippen LogP contribution < -0.4 is 14.2 Å². The molecule has 0 bridgehead atoms. The highest BCUT2D eigenvalue weighted by Crippen LogP contribution is 2.31. The topological polar surface area (TPSA) is 81.7 Å². The molecular weight excluding hydrogens is 294 g/mol. The zero-order valence-corrected chi connectivity index (χ0v) is 13.1. The molecule has 1 N–H and O–H groups in total. The standard InChI is InChI=1S/C14H19NO5S/c1-9(2)21(17,18)15-14(16)11-6-10-4-5-12(19-3)7-13(10)20-8-11/h4-5,7,9,11H,6,8H2,1-3H3,(H,15,16). The van der Waals surface area contributed by atoms with Gasteiger partial charge in [0.25, 0.3) is 0 Å². The molecule has 0 saturated heterocycles. The van der Waals surface area contributed by atoms with E-state index in [1.165, 1.54) is 13.8 Å². The van der Waals surface area contributed by atoms with Crippen LogP contribution in [0.2, 0.25) is 0 Å². The van der Waals surface area contributed by atoms with Crippen LogP contribution in [0, 0.1) is 5.92 Å². The third-order valence-corrected chi connectivity index (χ3v) is 5.14. The van der Waals surface area contributed by atoms with Crippen molar-refractivity contribution in [2.45, 2.75) is 25.5 Å². The third kappa shape index (κ3) is 3.47. The van der Waals surface area contributed by atoms with Crippen molar-refractivity contribution in [3.63, 3.8) is 0 Å². The number of carbonyl (C=O) groups excluding carboxylic acids is 1. The van der Waals surface area contributed by atoms with Crippen molar-refractivity contribution in [1.29, 1.82) is 0 Å². The van der Waals surface area contributed by atoms with E-state index in [-0.39, 0.29) is 6.61 Å². The van der Waals surface area contributed by atoms with Gasteiger partial charge in [0.15, 0.2) is 0 Å². The number of nitrogens with one attached hydrogen (secondary N) is 1. The minimum absolute atomic E-state index is 0.152. The Morgan fingerprint density at radius 1 is 1.43 bits per heavy atom. The summed E-state index contributed by atoms with van der Waals surface area (Å²) in [5.41, 5.74) is 0.865. The number of ether oxygens (including phenoxy) is 2. The summed E-state index contributed by atoms with van der Waals surface area (Å²) < 4.78 is 36.2. The number of sulfonamides is 1. The van der Waals surface area contributed by atoms with E-state index in [4.69, 9.17) is 9.47 Å². The summed E-state index contributed by atoms with van der Waals surface area (Å²) in [6.07, 6.45) is 0.443. The van der Waals surface area contributed by atoms with Crippen molar-refractivity contribution in [1.82, 2.24) is 4.72 Å². The molecule has 0 fully saturated rings. The summed E-state index contributed by atoms with van der Waals surface area (Å²) in [5.74, 6) is 0.314. The van der Waals surface area contributed by atoms with Crippen molar-refractivity contribution in [2.24, 2.45) is 5.92 Å². The number of hydrogen-bond acceptors (Lipinski definition) is 5. The van der Waals surface area contributed by atoms with Crippen LogP contribution in [0.1, 0.15) is 19.4 Å². The summed E-state index contributed by atoms with van der Waals surface area (Å²) in [7, 11) is -2.04. The van der Waals surface area contributed by atoms with Gasteiger partial charge in [-0.3, -0.25) is 9.52 Å². The molecule has 0 aliphatic carbocycles. The monoisotopic (exact) mass is 313 g/mol. The van der Waals surface area contributed by atoms with Gasteiger partial charge in [0.1, 0.15) is 18.1 Å². The molecule has 6 nitrogen and oxygen atoms in total. The zero-order valence-electron chi connectivity index (χ0n) is 12.3. The SMILES string of the molecule is COc1ccc2c(c1)OCC(C(=O)NS(=O)(=O)C(C)C)C2. The summed E-state index contributed by atoms with van der Waals surface area (Å²) in [5, 5.41) is -0.650. The molecule has 0 radical (unpaired) electrons. The minimum Gasteiger partial charge on any atom is -0.497 e. The van der Waals surface area contributed by atoms with Gasteiger partial charge in [0.05, 0.1) is 18.3 Å². The lowest BCUT2D eigenvalue weighted by Gasteiger charge is -2.25. The molecule has 1 heterocycles. The fourth-order valence-corrected chi connectivity index (χ4v) is 2.67. The first-order valence-electron chi connectivity index (χ1n) is 6.68. The second-order valence-electron chi connectivity index (χ2n) is 5.25. The Kier molecular flexibility index (Phi) is 4.41. The summed E-state index contributed by atoms with van der Waals surface area (Å²) >= 11 is 0. The first-order chi connectivity index (χ1) is 9.83. The van der Waals surface area contributed by atoms with E-state index in [2.05, 4.69) is 4.72 Å². The first-order valence-corrected chi connectivity index (χ1v) is 8.23. The second kappa shape index (κ2) is 5.93. The highest BCUT2D eigenvalue weighted by Gasteiger charge is 2.29. The van der Waals surface area contributed by atoms with Gasteiger partial charge in [-0.15, -0.1) is 0 Å². The number of rotatable bonds is 4. The first kappa shape index (κ1) is 15.6. The molecular formula is C14H19NO5S. The molecule has 1 aliphatic heterocycles. The van der Waals surface area contributed by atoms with Gasteiger partial charge in [-0.25, -0.2) is 8.42 Å². The lowest BCUT2D eigenvalue weighted by atomic mass is 9.96. The average molecular weight is 313 g/mol. The van der Waals surface area contributed by atoms with Crippen LogP contribution in [-0.2, 0) is 21.2 Å². The number of methoxy groups -OCH3 is 1. The van der Waals surface area contributed by atoms with Gasteiger partial charge in [-0.2, -0.15) is 0 Å². The lowest BCUT2D eigenvalue weighted by molar-refractivity contribution is -0.124. The molecule has 21 heavy (non-hydrogen) atoms.